The molecule has 0 saturated carbocycles. The fourth-order valence-corrected chi connectivity index (χ4v) is 0.535. The summed E-state index contributed by atoms with van der Waals surface area (Å²) < 4.78 is 4.58. The van der Waals surface area contributed by atoms with Crippen LogP contribution in [-0.4, -0.2) is 12.2 Å². The minimum atomic E-state index is -0.155. The van der Waals surface area contributed by atoms with Gasteiger partial charge in [-0.05, 0) is 0 Å². The van der Waals surface area contributed by atoms with E-state index in [4.69, 9.17) is 0 Å². The number of carbonyl (C=O) groups excluding carboxylic acids is 1. The predicted octanol–water partition coefficient (Wildman–Crippen LogP) is 1.46. The Hall–Kier alpha value is -0.180. The van der Waals surface area contributed by atoms with Crippen molar-refractivity contribution in [2.45, 2.75) is 13.8 Å². The average molecular weight is 134 g/mol. The molecule has 0 N–H and O–H groups in total. The molecule has 0 fully saturated rings. The summed E-state index contributed by atoms with van der Waals surface area (Å²) in [4.78, 5) is 10.5. The topological polar surface area (TPSA) is 26.3 Å². The molecule has 0 heterocycles. The summed E-state index contributed by atoms with van der Waals surface area (Å²) in [7, 11) is 0. The first-order chi connectivity index (χ1) is 3.68. The lowest BCUT2D eigenvalue weighted by molar-refractivity contribution is -0.136. The lowest BCUT2D eigenvalue weighted by Gasteiger charge is -1.99. The van der Waals surface area contributed by atoms with Gasteiger partial charge in [0.15, 0.2) is 0 Å². The summed E-state index contributed by atoms with van der Waals surface area (Å²) in [6.07, 6.45) is 1.72. The maximum atomic E-state index is 10.5. The summed E-state index contributed by atoms with van der Waals surface area (Å²) in [6, 6.07) is 0. The van der Waals surface area contributed by atoms with Gasteiger partial charge < -0.3 is 4.18 Å². The van der Waals surface area contributed by atoms with Gasteiger partial charge in [-0.2, -0.15) is 0 Å². The van der Waals surface area contributed by atoms with Crippen molar-refractivity contribution in [1.82, 2.24) is 0 Å². The van der Waals surface area contributed by atoms with Gasteiger partial charge in [0.05, 0.1) is 18.0 Å². The Balaban J connectivity index is 3.33. The van der Waals surface area contributed by atoms with E-state index >= 15 is 0 Å². The highest BCUT2D eigenvalue weighted by Crippen LogP contribution is 2.02. The van der Waals surface area contributed by atoms with Crippen LogP contribution in [0.1, 0.15) is 13.8 Å². The molecule has 0 spiro atoms. The summed E-state index contributed by atoms with van der Waals surface area (Å²) >= 11 is 1.09. The molecule has 2 nitrogen and oxygen atoms in total. The van der Waals surface area contributed by atoms with E-state index < -0.39 is 0 Å². The summed E-state index contributed by atoms with van der Waals surface area (Å²) in [5.74, 6) is -0.167. The first kappa shape index (κ1) is 7.82. The molecule has 48 valence electrons. The van der Waals surface area contributed by atoms with Crippen LogP contribution in [0.4, 0.5) is 0 Å². The third kappa shape index (κ3) is 2.91. The predicted molar refractivity (Wildman–Crippen MR) is 34.4 cm³/mol. The molecule has 0 atom stereocenters. The van der Waals surface area contributed by atoms with Gasteiger partial charge in [-0.3, -0.25) is 4.79 Å². The largest absolute Gasteiger partial charge is 0.391 e. The van der Waals surface area contributed by atoms with Crippen molar-refractivity contribution < 1.29 is 8.98 Å². The van der Waals surface area contributed by atoms with Crippen LogP contribution in [0.2, 0.25) is 0 Å². The van der Waals surface area contributed by atoms with Crippen molar-refractivity contribution in [2.24, 2.45) is 5.92 Å². The van der Waals surface area contributed by atoms with Crippen LogP contribution >= 0.6 is 12.0 Å². The fourth-order valence-electron chi connectivity index (χ4n) is 0.178. The normalized spacial score (nSPS) is 9.50. The van der Waals surface area contributed by atoms with Gasteiger partial charge in [0.25, 0.3) is 0 Å². The van der Waals surface area contributed by atoms with Gasteiger partial charge in [0.1, 0.15) is 0 Å². The molecular weight excluding hydrogens is 124 g/mol. The van der Waals surface area contributed by atoms with Crippen molar-refractivity contribution in [3.05, 3.63) is 0 Å². The van der Waals surface area contributed by atoms with Gasteiger partial charge in [0.2, 0.25) is 0 Å². The Morgan fingerprint density at radius 1 is 1.62 bits per heavy atom. The zero-order valence-corrected chi connectivity index (χ0v) is 6.12. The van der Waals surface area contributed by atoms with Crippen molar-refractivity contribution in [3.8, 4) is 0 Å². The number of rotatable bonds is 2. The number of hydrogen-bond acceptors (Lipinski definition) is 3. The lowest BCUT2D eigenvalue weighted by Crippen LogP contribution is -2.06. The SMILES string of the molecule is CSOC(=O)C(C)C. The minimum absolute atomic E-state index is 0.0116. The van der Waals surface area contributed by atoms with E-state index in [1.54, 1.807) is 20.1 Å². The molecule has 0 rings (SSSR count). The van der Waals surface area contributed by atoms with Crippen molar-refractivity contribution in [2.75, 3.05) is 6.26 Å². The molecule has 0 aromatic rings. The smallest absolute Gasteiger partial charge is 0.320 e. The van der Waals surface area contributed by atoms with E-state index in [-0.39, 0.29) is 11.9 Å². The van der Waals surface area contributed by atoms with Crippen LogP contribution in [0.25, 0.3) is 0 Å². The molecule has 0 radical (unpaired) electrons. The van der Waals surface area contributed by atoms with E-state index in [0.29, 0.717) is 0 Å². The standard InChI is InChI=1S/C5H10O2S/c1-4(2)5(6)7-8-3/h4H,1-3H3. The van der Waals surface area contributed by atoms with Gasteiger partial charge in [-0.15, -0.1) is 0 Å². The molecule has 0 amide bonds. The van der Waals surface area contributed by atoms with Crippen LogP contribution in [0.5, 0.6) is 0 Å². The first-order valence-corrected chi connectivity index (χ1v) is 3.58. The molecule has 3 heteroatoms. The minimum Gasteiger partial charge on any atom is -0.391 e. The van der Waals surface area contributed by atoms with Crippen molar-refractivity contribution in [1.29, 1.82) is 0 Å². The lowest BCUT2D eigenvalue weighted by atomic mass is 10.2. The molecule has 0 unspecified atom stereocenters. The Morgan fingerprint density at radius 3 is 2.25 bits per heavy atom. The summed E-state index contributed by atoms with van der Waals surface area (Å²) in [5.41, 5.74) is 0. The molecule has 0 aromatic carbocycles. The molecule has 0 aromatic heterocycles. The second-order valence-corrected chi connectivity index (χ2v) is 2.22. The fraction of sp³-hybridized carbons (Fsp3) is 0.800. The van der Waals surface area contributed by atoms with Gasteiger partial charge in [-0.25, -0.2) is 0 Å². The molecule has 0 aliphatic carbocycles. The summed E-state index contributed by atoms with van der Waals surface area (Å²) in [5, 5.41) is 0. The highest BCUT2D eigenvalue weighted by Gasteiger charge is 2.06. The van der Waals surface area contributed by atoms with E-state index in [1.165, 1.54) is 0 Å². The van der Waals surface area contributed by atoms with Crippen LogP contribution < -0.4 is 0 Å². The highest BCUT2D eigenvalue weighted by atomic mass is 32.2. The molecule has 0 bridgehead atoms. The number of carbonyl (C=O) groups is 1. The third-order valence-corrected chi connectivity index (χ3v) is 0.968. The first-order valence-electron chi connectivity index (χ1n) is 2.43. The molecule has 8 heavy (non-hydrogen) atoms. The average Bonchev–Trinajstić information content (AvgIpc) is 1.67. The van der Waals surface area contributed by atoms with E-state index in [0.717, 1.165) is 12.0 Å². The van der Waals surface area contributed by atoms with Crippen LogP contribution in [0.15, 0.2) is 0 Å². The zero-order valence-electron chi connectivity index (χ0n) is 5.30. The Morgan fingerprint density at radius 2 is 2.12 bits per heavy atom. The van der Waals surface area contributed by atoms with Gasteiger partial charge in [0, 0.05) is 6.26 Å². The maximum absolute atomic E-state index is 10.5. The van der Waals surface area contributed by atoms with Crippen molar-refractivity contribution in [3.63, 3.8) is 0 Å². The Labute approximate surface area is 53.8 Å². The van der Waals surface area contributed by atoms with Crippen LogP contribution in [-0.2, 0) is 8.98 Å². The monoisotopic (exact) mass is 134 g/mol. The van der Waals surface area contributed by atoms with E-state index in [2.05, 4.69) is 4.18 Å². The molecule has 0 aliphatic rings. The third-order valence-electron chi connectivity index (χ3n) is 0.637. The second kappa shape index (κ2) is 3.78. The summed E-state index contributed by atoms with van der Waals surface area (Å²) in [6.45, 7) is 3.61. The quantitative estimate of drug-likeness (QED) is 0.535. The molecule has 0 saturated heterocycles. The van der Waals surface area contributed by atoms with E-state index in [1.807, 2.05) is 0 Å². The van der Waals surface area contributed by atoms with Crippen molar-refractivity contribution >= 4 is 18.0 Å². The highest BCUT2D eigenvalue weighted by molar-refractivity contribution is 7.94. The van der Waals surface area contributed by atoms with Crippen LogP contribution in [0.3, 0.4) is 0 Å². The Bertz CT molecular complexity index is 80.5. The molecule has 0 aliphatic heterocycles. The number of hydrogen-bond donors (Lipinski definition) is 0. The van der Waals surface area contributed by atoms with Crippen LogP contribution in [0, 0.1) is 5.92 Å². The Kier molecular flexibility index (Phi) is 3.69. The second-order valence-electron chi connectivity index (χ2n) is 1.72. The molecular formula is C5H10O2S. The maximum Gasteiger partial charge on any atom is 0.320 e. The van der Waals surface area contributed by atoms with E-state index in [9.17, 15) is 4.79 Å². The van der Waals surface area contributed by atoms with Gasteiger partial charge >= 0.3 is 5.97 Å². The van der Waals surface area contributed by atoms with Gasteiger partial charge in [-0.1, -0.05) is 13.8 Å². The zero-order chi connectivity index (χ0) is 6.57.